The SMILES string of the molecule is CCOCCC[Si](Cl)(Cl)CCCOCC. The van der Waals surface area contributed by atoms with E-state index in [1.807, 2.05) is 13.8 Å². The Labute approximate surface area is 104 Å². The highest BCUT2D eigenvalue weighted by Gasteiger charge is 2.26. The lowest BCUT2D eigenvalue weighted by atomic mass is 10.5. The van der Waals surface area contributed by atoms with Crippen molar-refractivity contribution >= 4 is 28.9 Å². The van der Waals surface area contributed by atoms with Crippen LogP contribution < -0.4 is 0 Å². The maximum absolute atomic E-state index is 6.29. The molecule has 0 unspecified atom stereocenters. The first-order valence-corrected chi connectivity index (χ1v) is 10.1. The Kier molecular flexibility index (Phi) is 10.4. The van der Waals surface area contributed by atoms with E-state index in [9.17, 15) is 0 Å². The van der Waals surface area contributed by atoms with E-state index in [4.69, 9.17) is 31.6 Å². The zero-order chi connectivity index (χ0) is 11.6. The zero-order valence-electron chi connectivity index (χ0n) is 9.73. The smallest absolute Gasteiger partial charge is 0.251 e. The fourth-order valence-electron chi connectivity index (χ4n) is 1.28. The normalized spacial score (nSPS) is 12.0. The highest BCUT2D eigenvalue weighted by atomic mass is 35.7. The number of hydrogen-bond donors (Lipinski definition) is 0. The molecule has 0 saturated carbocycles. The molecule has 0 amide bonds. The van der Waals surface area contributed by atoms with Gasteiger partial charge in [0, 0.05) is 26.4 Å². The van der Waals surface area contributed by atoms with Gasteiger partial charge in [-0.1, -0.05) is 0 Å². The van der Waals surface area contributed by atoms with Crippen molar-refractivity contribution in [3.63, 3.8) is 0 Å². The number of rotatable bonds is 10. The second kappa shape index (κ2) is 9.91. The Morgan fingerprint density at radius 2 is 1.27 bits per heavy atom. The molecule has 2 nitrogen and oxygen atoms in total. The van der Waals surface area contributed by atoms with Crippen LogP contribution in [0.25, 0.3) is 0 Å². The largest absolute Gasteiger partial charge is 0.382 e. The fourth-order valence-corrected chi connectivity index (χ4v) is 4.46. The summed E-state index contributed by atoms with van der Waals surface area (Å²) in [6.07, 6.45) is 1.95. The van der Waals surface area contributed by atoms with Gasteiger partial charge in [0.2, 0.25) is 0 Å². The van der Waals surface area contributed by atoms with Crippen LogP contribution in [0.5, 0.6) is 0 Å². The summed E-state index contributed by atoms with van der Waals surface area (Å²) in [7, 11) is 0. The second-order valence-corrected chi connectivity index (χ2v) is 11.1. The summed E-state index contributed by atoms with van der Waals surface area (Å²) < 4.78 is 10.5. The third kappa shape index (κ3) is 11.0. The van der Waals surface area contributed by atoms with E-state index in [1.54, 1.807) is 0 Å². The lowest BCUT2D eigenvalue weighted by Gasteiger charge is -2.16. The summed E-state index contributed by atoms with van der Waals surface area (Å²) in [5, 5.41) is 0. The van der Waals surface area contributed by atoms with E-state index < -0.39 is 6.69 Å². The molecule has 92 valence electrons. The molecule has 0 fully saturated rings. The summed E-state index contributed by atoms with van der Waals surface area (Å²) in [5.41, 5.74) is 0. The van der Waals surface area contributed by atoms with Crippen molar-refractivity contribution in [1.82, 2.24) is 0 Å². The maximum atomic E-state index is 6.29. The van der Waals surface area contributed by atoms with Crippen molar-refractivity contribution in [2.75, 3.05) is 26.4 Å². The minimum Gasteiger partial charge on any atom is -0.382 e. The van der Waals surface area contributed by atoms with Gasteiger partial charge < -0.3 is 9.47 Å². The Morgan fingerprint density at radius 1 is 0.867 bits per heavy atom. The summed E-state index contributed by atoms with van der Waals surface area (Å²) >= 11 is 12.6. The minimum atomic E-state index is -2.02. The molecule has 0 radical (unpaired) electrons. The third-order valence-corrected chi connectivity index (χ3v) is 6.51. The summed E-state index contributed by atoms with van der Waals surface area (Å²) in [6.45, 7) is 5.05. The van der Waals surface area contributed by atoms with Gasteiger partial charge in [-0.25, -0.2) is 0 Å². The fraction of sp³-hybridized carbons (Fsp3) is 1.00. The van der Waals surface area contributed by atoms with Crippen molar-refractivity contribution < 1.29 is 9.47 Å². The molecule has 0 N–H and O–H groups in total. The standard InChI is InChI=1S/C10H22Cl2O2Si/c1-3-13-7-5-9-15(11,12)10-6-8-14-4-2/h3-10H2,1-2H3. The molecule has 0 aliphatic heterocycles. The zero-order valence-corrected chi connectivity index (χ0v) is 12.2. The molecule has 0 saturated heterocycles. The summed E-state index contributed by atoms with van der Waals surface area (Å²) in [5.74, 6) is 0. The molecule has 15 heavy (non-hydrogen) atoms. The highest BCUT2D eigenvalue weighted by Crippen LogP contribution is 2.28. The first-order valence-electron chi connectivity index (χ1n) is 5.65. The van der Waals surface area contributed by atoms with Gasteiger partial charge in [0.1, 0.15) is 0 Å². The van der Waals surface area contributed by atoms with Gasteiger partial charge >= 0.3 is 0 Å². The monoisotopic (exact) mass is 272 g/mol. The van der Waals surface area contributed by atoms with Crippen molar-refractivity contribution in [1.29, 1.82) is 0 Å². The lowest BCUT2D eigenvalue weighted by Crippen LogP contribution is -2.20. The lowest BCUT2D eigenvalue weighted by molar-refractivity contribution is 0.147. The molecule has 0 atom stereocenters. The predicted molar refractivity (Wildman–Crippen MR) is 69.3 cm³/mol. The molecular weight excluding hydrogens is 251 g/mol. The molecule has 5 heteroatoms. The predicted octanol–water partition coefficient (Wildman–Crippen LogP) is 3.76. The van der Waals surface area contributed by atoms with E-state index in [-0.39, 0.29) is 0 Å². The highest BCUT2D eigenvalue weighted by molar-refractivity contribution is 7.45. The van der Waals surface area contributed by atoms with Crippen LogP contribution in [0.3, 0.4) is 0 Å². The van der Waals surface area contributed by atoms with Crippen molar-refractivity contribution in [2.24, 2.45) is 0 Å². The quantitative estimate of drug-likeness (QED) is 0.343. The van der Waals surface area contributed by atoms with Crippen LogP contribution >= 0.6 is 22.2 Å². The Morgan fingerprint density at radius 3 is 1.60 bits per heavy atom. The molecule has 0 bridgehead atoms. The van der Waals surface area contributed by atoms with Crippen LogP contribution in [0.15, 0.2) is 0 Å². The van der Waals surface area contributed by atoms with Crippen LogP contribution in [0, 0.1) is 0 Å². The van der Waals surface area contributed by atoms with Crippen molar-refractivity contribution in [2.45, 2.75) is 38.8 Å². The van der Waals surface area contributed by atoms with Gasteiger partial charge in [0.05, 0.1) is 0 Å². The van der Waals surface area contributed by atoms with Crippen LogP contribution in [0.4, 0.5) is 0 Å². The van der Waals surface area contributed by atoms with Crippen molar-refractivity contribution in [3.8, 4) is 0 Å². The number of halogens is 2. The average molecular weight is 273 g/mol. The number of hydrogen-bond acceptors (Lipinski definition) is 2. The van der Waals surface area contributed by atoms with Gasteiger partial charge in [-0.05, 0) is 38.8 Å². The first-order chi connectivity index (χ1) is 7.12. The maximum Gasteiger partial charge on any atom is 0.251 e. The van der Waals surface area contributed by atoms with E-state index in [0.29, 0.717) is 0 Å². The van der Waals surface area contributed by atoms with Crippen LogP contribution in [-0.4, -0.2) is 33.1 Å². The molecule has 0 heterocycles. The van der Waals surface area contributed by atoms with Gasteiger partial charge in [-0.2, -0.15) is 0 Å². The molecule has 0 spiro atoms. The van der Waals surface area contributed by atoms with Crippen LogP contribution in [0.2, 0.25) is 12.1 Å². The second-order valence-electron chi connectivity index (χ2n) is 3.46. The van der Waals surface area contributed by atoms with Crippen molar-refractivity contribution in [3.05, 3.63) is 0 Å². The van der Waals surface area contributed by atoms with E-state index in [0.717, 1.165) is 51.4 Å². The van der Waals surface area contributed by atoms with Crippen LogP contribution in [-0.2, 0) is 9.47 Å². The minimum absolute atomic E-state index is 0.767. The average Bonchev–Trinajstić information content (AvgIpc) is 2.20. The van der Waals surface area contributed by atoms with Gasteiger partial charge in [0.25, 0.3) is 6.69 Å². The third-order valence-electron chi connectivity index (χ3n) is 2.07. The summed E-state index contributed by atoms with van der Waals surface area (Å²) in [4.78, 5) is 0. The first kappa shape index (κ1) is 15.7. The van der Waals surface area contributed by atoms with Gasteiger partial charge in [-0.3, -0.25) is 0 Å². The molecule has 0 aromatic heterocycles. The molecule has 0 rings (SSSR count). The molecule has 0 aliphatic carbocycles. The topological polar surface area (TPSA) is 18.5 Å². The van der Waals surface area contributed by atoms with E-state index >= 15 is 0 Å². The van der Waals surface area contributed by atoms with Crippen LogP contribution in [0.1, 0.15) is 26.7 Å². The Bertz CT molecular complexity index is 131. The number of ether oxygens (including phenoxy) is 2. The molecular formula is C10H22Cl2O2Si. The van der Waals surface area contributed by atoms with E-state index in [1.165, 1.54) is 0 Å². The molecule has 0 aromatic rings. The van der Waals surface area contributed by atoms with Gasteiger partial charge in [0.15, 0.2) is 0 Å². The summed E-state index contributed by atoms with van der Waals surface area (Å²) in [6, 6.07) is 1.84. The van der Waals surface area contributed by atoms with Gasteiger partial charge in [-0.15, -0.1) is 22.2 Å². The Hall–Kier alpha value is 0.717. The molecule has 0 aromatic carbocycles. The van der Waals surface area contributed by atoms with E-state index in [2.05, 4.69) is 0 Å². The molecule has 0 aliphatic rings. The Balaban J connectivity index is 3.40.